The van der Waals surface area contributed by atoms with E-state index < -0.39 is 31.5 Å². The van der Waals surface area contributed by atoms with Crippen LogP contribution >= 0.6 is 0 Å². The number of nitro groups is 1. The zero-order valence-electron chi connectivity index (χ0n) is 20.8. The number of rotatable bonds is 19. The van der Waals surface area contributed by atoms with Gasteiger partial charge in [-0.25, -0.2) is 0 Å². The van der Waals surface area contributed by atoms with E-state index in [0.29, 0.717) is 12.0 Å². The van der Waals surface area contributed by atoms with Crippen molar-refractivity contribution in [2.75, 3.05) is 5.32 Å². The molecule has 0 fully saturated rings. The third-order valence-corrected chi connectivity index (χ3v) is 6.89. The molecular formula is C25H42N2O6S. The molecule has 0 aromatic heterocycles. The Morgan fingerprint density at radius 3 is 1.74 bits per heavy atom. The number of nitro benzene ring substituents is 1. The minimum atomic E-state index is -4.88. The summed E-state index contributed by atoms with van der Waals surface area (Å²) >= 11 is 0. The third kappa shape index (κ3) is 12.5. The zero-order valence-corrected chi connectivity index (χ0v) is 21.6. The Kier molecular flexibility index (Phi) is 14.7. The summed E-state index contributed by atoms with van der Waals surface area (Å²) in [5.41, 5.74) is -0.619. The van der Waals surface area contributed by atoms with Crippen LogP contribution in [0.5, 0.6) is 0 Å². The lowest BCUT2D eigenvalue weighted by Crippen LogP contribution is -2.15. The Morgan fingerprint density at radius 2 is 1.32 bits per heavy atom. The monoisotopic (exact) mass is 498 g/mol. The first-order valence-corrected chi connectivity index (χ1v) is 14.2. The van der Waals surface area contributed by atoms with Gasteiger partial charge >= 0.3 is 10.1 Å². The van der Waals surface area contributed by atoms with Gasteiger partial charge in [-0.3, -0.25) is 19.5 Å². The number of anilines is 1. The van der Waals surface area contributed by atoms with E-state index in [1.54, 1.807) is 6.92 Å². The van der Waals surface area contributed by atoms with Crippen LogP contribution < -0.4 is 5.32 Å². The van der Waals surface area contributed by atoms with Crippen LogP contribution in [-0.2, 0) is 14.9 Å². The third-order valence-electron chi connectivity index (χ3n) is 5.95. The molecule has 8 nitrogen and oxygen atoms in total. The minimum Gasteiger partial charge on any atom is -0.325 e. The topological polar surface area (TPSA) is 127 Å². The summed E-state index contributed by atoms with van der Waals surface area (Å²) in [4.78, 5) is 21.7. The minimum absolute atomic E-state index is 0.185. The average Bonchev–Trinajstić information content (AvgIpc) is 2.75. The van der Waals surface area contributed by atoms with Crippen LogP contribution in [0.2, 0.25) is 0 Å². The lowest BCUT2D eigenvalue weighted by atomic mass is 10.0. The fraction of sp³-hybridized carbons (Fsp3) is 0.720. The van der Waals surface area contributed by atoms with Crippen molar-refractivity contribution in [3.63, 3.8) is 0 Å². The summed E-state index contributed by atoms with van der Waals surface area (Å²) in [6.07, 6.45) is 18.4. The van der Waals surface area contributed by atoms with Gasteiger partial charge in [0.25, 0.3) is 5.69 Å². The highest BCUT2D eigenvalue weighted by Gasteiger charge is 2.29. The van der Waals surface area contributed by atoms with Crippen LogP contribution in [0.25, 0.3) is 0 Å². The maximum atomic E-state index is 12.3. The van der Waals surface area contributed by atoms with Gasteiger partial charge in [-0.2, -0.15) is 8.42 Å². The summed E-state index contributed by atoms with van der Waals surface area (Å²) in [7, 11) is -4.88. The maximum Gasteiger partial charge on any atom is 0.303 e. The number of carbonyl (C=O) groups excluding carboxylic acids is 1. The normalized spacial score (nSPS) is 11.5. The highest BCUT2D eigenvalue weighted by Crippen LogP contribution is 2.33. The van der Waals surface area contributed by atoms with Crippen molar-refractivity contribution < 1.29 is 22.7 Å². The number of hydrogen-bond donors (Lipinski definition) is 2. The van der Waals surface area contributed by atoms with Gasteiger partial charge in [0.05, 0.1) is 10.6 Å². The van der Waals surface area contributed by atoms with Crippen molar-refractivity contribution >= 4 is 27.4 Å². The molecule has 1 aromatic rings. The lowest BCUT2D eigenvalue weighted by Gasteiger charge is -2.11. The molecule has 0 heterocycles. The molecule has 0 radical (unpaired) electrons. The molecule has 0 unspecified atom stereocenters. The first-order chi connectivity index (χ1) is 16.2. The first-order valence-electron chi connectivity index (χ1n) is 12.7. The lowest BCUT2D eigenvalue weighted by molar-refractivity contribution is -0.387. The van der Waals surface area contributed by atoms with Crippen molar-refractivity contribution in [2.45, 2.75) is 121 Å². The molecule has 0 aliphatic rings. The molecule has 0 saturated carbocycles. The number of aryl methyl sites for hydroxylation is 1. The van der Waals surface area contributed by atoms with Crippen molar-refractivity contribution in [3.05, 3.63) is 27.8 Å². The van der Waals surface area contributed by atoms with Gasteiger partial charge in [0.2, 0.25) is 5.91 Å². The van der Waals surface area contributed by atoms with Crippen LogP contribution in [-0.4, -0.2) is 23.8 Å². The van der Waals surface area contributed by atoms with Crippen LogP contribution in [0, 0.1) is 17.0 Å². The molecule has 9 heteroatoms. The van der Waals surface area contributed by atoms with Gasteiger partial charge in [0.15, 0.2) is 4.90 Å². The second-order valence-electron chi connectivity index (χ2n) is 9.14. The Balaban J connectivity index is 2.23. The Labute approximate surface area is 204 Å². The molecule has 0 saturated heterocycles. The number of benzene rings is 1. The van der Waals surface area contributed by atoms with E-state index in [-0.39, 0.29) is 12.1 Å². The van der Waals surface area contributed by atoms with Gasteiger partial charge in [-0.15, -0.1) is 0 Å². The zero-order chi connectivity index (χ0) is 25.4. The van der Waals surface area contributed by atoms with E-state index in [2.05, 4.69) is 12.2 Å². The van der Waals surface area contributed by atoms with Crippen molar-refractivity contribution in [2.24, 2.45) is 0 Å². The van der Waals surface area contributed by atoms with Crippen molar-refractivity contribution in [1.29, 1.82) is 0 Å². The second-order valence-corrected chi connectivity index (χ2v) is 10.5. The molecule has 2 N–H and O–H groups in total. The highest BCUT2D eigenvalue weighted by molar-refractivity contribution is 7.86. The smallest absolute Gasteiger partial charge is 0.303 e. The van der Waals surface area contributed by atoms with E-state index in [1.807, 2.05) is 0 Å². The summed E-state index contributed by atoms with van der Waals surface area (Å²) in [5, 5.41) is 13.6. The number of nitrogens with zero attached hydrogens (tertiary/aromatic N) is 1. The predicted octanol–water partition coefficient (Wildman–Crippen LogP) is 7.35. The number of carbonyl (C=O) groups is 1. The highest BCUT2D eigenvalue weighted by atomic mass is 32.2. The van der Waals surface area contributed by atoms with Gasteiger partial charge in [0.1, 0.15) is 0 Å². The fourth-order valence-electron chi connectivity index (χ4n) is 4.12. The molecular weight excluding hydrogens is 456 g/mol. The molecule has 1 aromatic carbocycles. The molecule has 0 spiro atoms. The number of nitrogens with one attached hydrogen (secondary N) is 1. The molecule has 0 aliphatic carbocycles. The van der Waals surface area contributed by atoms with Crippen molar-refractivity contribution in [3.8, 4) is 0 Å². The Morgan fingerprint density at radius 1 is 0.882 bits per heavy atom. The molecule has 194 valence electrons. The SMILES string of the molecule is CCCCCCCCCCCCCCCCCC(=O)Nc1cc(C)cc([N+](=O)[O-])c1S(=O)(=O)O. The molecule has 0 atom stereocenters. The van der Waals surface area contributed by atoms with Crippen LogP contribution in [0.15, 0.2) is 17.0 Å². The molecule has 0 aliphatic heterocycles. The first kappa shape index (κ1) is 30.0. The fourth-order valence-corrected chi connectivity index (χ4v) is 4.91. The summed E-state index contributed by atoms with van der Waals surface area (Å²) in [5.74, 6) is -0.431. The largest absolute Gasteiger partial charge is 0.325 e. The quantitative estimate of drug-likeness (QED) is 0.0888. The van der Waals surface area contributed by atoms with Gasteiger partial charge < -0.3 is 5.32 Å². The van der Waals surface area contributed by atoms with Crippen LogP contribution in [0.4, 0.5) is 11.4 Å². The van der Waals surface area contributed by atoms with Gasteiger partial charge in [-0.1, -0.05) is 96.8 Å². The van der Waals surface area contributed by atoms with E-state index in [0.717, 1.165) is 25.3 Å². The van der Waals surface area contributed by atoms with Crippen LogP contribution in [0.1, 0.15) is 115 Å². The van der Waals surface area contributed by atoms with Crippen LogP contribution in [0.3, 0.4) is 0 Å². The number of unbranched alkanes of at least 4 members (excludes halogenated alkanes) is 14. The number of amides is 1. The Hall–Kier alpha value is -2.00. The van der Waals surface area contributed by atoms with E-state index in [9.17, 15) is 27.9 Å². The van der Waals surface area contributed by atoms with E-state index >= 15 is 0 Å². The van der Waals surface area contributed by atoms with Gasteiger partial charge in [0, 0.05) is 12.5 Å². The number of hydrogen-bond acceptors (Lipinski definition) is 5. The molecule has 1 rings (SSSR count). The van der Waals surface area contributed by atoms with E-state index in [4.69, 9.17) is 0 Å². The Bertz CT molecular complexity index is 870. The average molecular weight is 499 g/mol. The molecule has 0 bridgehead atoms. The summed E-state index contributed by atoms with van der Waals surface area (Å²) in [6, 6.07) is 2.36. The molecule has 34 heavy (non-hydrogen) atoms. The maximum absolute atomic E-state index is 12.3. The predicted molar refractivity (Wildman–Crippen MR) is 136 cm³/mol. The summed E-state index contributed by atoms with van der Waals surface area (Å²) < 4.78 is 32.8. The van der Waals surface area contributed by atoms with Crippen molar-refractivity contribution in [1.82, 2.24) is 0 Å². The molecule has 1 amide bonds. The van der Waals surface area contributed by atoms with E-state index in [1.165, 1.54) is 76.7 Å². The second kappa shape index (κ2) is 16.6. The standard InChI is InChI=1S/C25H42N2O6S/c1-3-4-5-6-7-8-9-10-11-12-13-14-15-16-17-18-24(28)26-22-19-21(2)20-23(27(29)30)25(22)34(31,32)33/h19-20H,3-18H2,1-2H3,(H,26,28)(H,31,32,33). The van der Waals surface area contributed by atoms with Gasteiger partial charge in [-0.05, 0) is 25.0 Å². The summed E-state index contributed by atoms with van der Waals surface area (Å²) in [6.45, 7) is 3.79.